The summed E-state index contributed by atoms with van der Waals surface area (Å²) >= 11 is 1.30. The quantitative estimate of drug-likeness (QED) is 0.711. The molecule has 1 aliphatic rings. The topological polar surface area (TPSA) is 66.5 Å². The van der Waals surface area contributed by atoms with Gasteiger partial charge in [0.25, 0.3) is 0 Å². The van der Waals surface area contributed by atoms with Crippen molar-refractivity contribution in [2.45, 2.75) is 35.5 Å². The van der Waals surface area contributed by atoms with Crippen molar-refractivity contribution in [2.75, 3.05) is 24.2 Å². The van der Waals surface area contributed by atoms with Gasteiger partial charge in [-0.05, 0) is 61.4 Å². The highest BCUT2D eigenvalue weighted by Gasteiger charge is 2.24. The minimum atomic E-state index is -3.49. The molecule has 0 spiro atoms. The first kappa shape index (κ1) is 20.8. The molecule has 0 aliphatic carbocycles. The van der Waals surface area contributed by atoms with E-state index >= 15 is 0 Å². The summed E-state index contributed by atoms with van der Waals surface area (Å²) in [5.74, 6) is -0.346. The van der Waals surface area contributed by atoms with Crippen LogP contribution >= 0.6 is 11.8 Å². The molecule has 0 bridgehead atoms. The largest absolute Gasteiger partial charge is 0.325 e. The molecule has 3 rings (SSSR count). The van der Waals surface area contributed by atoms with Crippen LogP contribution in [-0.2, 0) is 14.8 Å². The molecule has 0 saturated carbocycles. The minimum Gasteiger partial charge on any atom is -0.325 e. The highest BCUT2D eigenvalue weighted by molar-refractivity contribution is 8.00. The number of halogens is 1. The van der Waals surface area contributed by atoms with E-state index in [-0.39, 0.29) is 22.4 Å². The third kappa shape index (κ3) is 5.56. The van der Waals surface area contributed by atoms with Crippen LogP contribution in [0.15, 0.2) is 58.3 Å². The smallest absolute Gasteiger partial charge is 0.243 e. The zero-order valence-electron chi connectivity index (χ0n) is 15.4. The van der Waals surface area contributed by atoms with E-state index in [1.807, 2.05) is 0 Å². The van der Waals surface area contributed by atoms with Crippen LogP contribution in [0.3, 0.4) is 0 Å². The summed E-state index contributed by atoms with van der Waals surface area (Å²) in [5.41, 5.74) is 0.541. The van der Waals surface area contributed by atoms with E-state index in [9.17, 15) is 17.6 Å². The molecule has 150 valence electrons. The van der Waals surface area contributed by atoms with Gasteiger partial charge in [-0.1, -0.05) is 12.8 Å². The number of carbonyl (C=O) groups excluding carboxylic acids is 1. The number of carbonyl (C=O) groups is 1. The van der Waals surface area contributed by atoms with Gasteiger partial charge in [0.15, 0.2) is 0 Å². The van der Waals surface area contributed by atoms with Crippen molar-refractivity contribution < 1.29 is 17.6 Å². The van der Waals surface area contributed by atoms with Crippen LogP contribution in [0.1, 0.15) is 25.7 Å². The molecule has 0 unspecified atom stereocenters. The fourth-order valence-corrected chi connectivity index (χ4v) is 5.23. The van der Waals surface area contributed by atoms with Crippen molar-refractivity contribution in [3.63, 3.8) is 0 Å². The van der Waals surface area contributed by atoms with Crippen molar-refractivity contribution >= 4 is 33.4 Å². The first-order valence-corrected chi connectivity index (χ1v) is 11.7. The molecule has 1 heterocycles. The number of nitrogens with zero attached hydrogens (tertiary/aromatic N) is 1. The van der Waals surface area contributed by atoms with E-state index in [0.717, 1.165) is 30.6 Å². The Bertz CT molecular complexity index is 892. The van der Waals surface area contributed by atoms with Gasteiger partial charge in [0, 0.05) is 23.7 Å². The Balaban J connectivity index is 1.57. The van der Waals surface area contributed by atoms with Crippen molar-refractivity contribution in [3.05, 3.63) is 54.3 Å². The summed E-state index contributed by atoms with van der Waals surface area (Å²) in [6, 6.07) is 12.2. The predicted molar refractivity (Wildman–Crippen MR) is 109 cm³/mol. The molecule has 2 aromatic carbocycles. The van der Waals surface area contributed by atoms with E-state index < -0.39 is 10.0 Å². The molecular formula is C20H23FN2O3S2. The summed E-state index contributed by atoms with van der Waals surface area (Å²) in [6.45, 7) is 1.11. The lowest BCUT2D eigenvalue weighted by Gasteiger charge is -2.20. The Morgan fingerprint density at radius 3 is 2.18 bits per heavy atom. The summed E-state index contributed by atoms with van der Waals surface area (Å²) < 4.78 is 40.0. The van der Waals surface area contributed by atoms with Gasteiger partial charge in [-0.25, -0.2) is 12.8 Å². The normalized spacial score (nSPS) is 15.8. The molecule has 28 heavy (non-hydrogen) atoms. The van der Waals surface area contributed by atoms with Gasteiger partial charge in [-0.3, -0.25) is 4.79 Å². The van der Waals surface area contributed by atoms with Crippen LogP contribution in [0.5, 0.6) is 0 Å². The van der Waals surface area contributed by atoms with Crippen LogP contribution in [-0.4, -0.2) is 37.5 Å². The minimum absolute atomic E-state index is 0.180. The molecule has 8 heteroatoms. The molecule has 1 saturated heterocycles. The number of nitrogens with one attached hydrogen (secondary N) is 1. The number of thioether (sulfide) groups is 1. The van der Waals surface area contributed by atoms with Crippen LogP contribution in [0.25, 0.3) is 0 Å². The molecule has 1 aliphatic heterocycles. The zero-order chi connectivity index (χ0) is 20.0. The lowest BCUT2D eigenvalue weighted by Crippen LogP contribution is -2.31. The summed E-state index contributed by atoms with van der Waals surface area (Å²) in [5, 5.41) is 2.75. The van der Waals surface area contributed by atoms with Crippen LogP contribution in [0.2, 0.25) is 0 Å². The van der Waals surface area contributed by atoms with E-state index in [0.29, 0.717) is 18.8 Å². The van der Waals surface area contributed by atoms with E-state index in [2.05, 4.69) is 5.32 Å². The number of rotatable bonds is 6. The van der Waals surface area contributed by atoms with E-state index in [1.165, 1.54) is 36.0 Å². The monoisotopic (exact) mass is 422 g/mol. The number of hydrogen-bond acceptors (Lipinski definition) is 4. The summed E-state index contributed by atoms with van der Waals surface area (Å²) in [4.78, 5) is 13.1. The second kappa shape index (κ2) is 9.54. The average Bonchev–Trinajstić information content (AvgIpc) is 2.98. The van der Waals surface area contributed by atoms with Crippen molar-refractivity contribution in [1.29, 1.82) is 0 Å². The van der Waals surface area contributed by atoms with Crippen molar-refractivity contribution in [2.24, 2.45) is 0 Å². The van der Waals surface area contributed by atoms with Gasteiger partial charge in [-0.15, -0.1) is 11.8 Å². The molecule has 0 aromatic heterocycles. The number of anilines is 1. The number of benzene rings is 2. The number of amides is 1. The first-order valence-electron chi connectivity index (χ1n) is 9.23. The number of hydrogen-bond donors (Lipinski definition) is 1. The Hall–Kier alpha value is -1.90. The molecule has 1 N–H and O–H groups in total. The van der Waals surface area contributed by atoms with Crippen LogP contribution < -0.4 is 5.32 Å². The van der Waals surface area contributed by atoms with Crippen LogP contribution in [0, 0.1) is 5.82 Å². The zero-order valence-corrected chi connectivity index (χ0v) is 17.1. The summed E-state index contributed by atoms with van der Waals surface area (Å²) in [6.07, 6.45) is 3.90. The lowest BCUT2D eigenvalue weighted by atomic mass is 10.2. The first-order chi connectivity index (χ1) is 13.4. The van der Waals surface area contributed by atoms with Gasteiger partial charge in [0.05, 0.1) is 10.6 Å². The predicted octanol–water partition coefficient (Wildman–Crippen LogP) is 4.12. The highest BCUT2D eigenvalue weighted by atomic mass is 32.2. The Labute approximate surface area is 169 Å². The fraction of sp³-hybridized carbons (Fsp3) is 0.350. The molecule has 0 radical (unpaired) electrons. The maximum Gasteiger partial charge on any atom is 0.243 e. The fourth-order valence-electron chi connectivity index (χ4n) is 3.02. The average molecular weight is 423 g/mol. The Kier molecular flexibility index (Phi) is 7.09. The second-order valence-corrected chi connectivity index (χ2v) is 9.62. The van der Waals surface area contributed by atoms with Crippen LogP contribution in [0.4, 0.5) is 10.1 Å². The van der Waals surface area contributed by atoms with Gasteiger partial charge in [0.1, 0.15) is 5.82 Å². The van der Waals surface area contributed by atoms with Gasteiger partial charge >= 0.3 is 0 Å². The summed E-state index contributed by atoms with van der Waals surface area (Å²) in [7, 11) is -3.49. The molecule has 2 aromatic rings. The Morgan fingerprint density at radius 1 is 0.964 bits per heavy atom. The van der Waals surface area contributed by atoms with Crippen molar-refractivity contribution in [3.8, 4) is 0 Å². The highest BCUT2D eigenvalue weighted by Crippen LogP contribution is 2.22. The lowest BCUT2D eigenvalue weighted by molar-refractivity contribution is -0.113. The van der Waals surface area contributed by atoms with Crippen molar-refractivity contribution in [1.82, 2.24) is 4.31 Å². The van der Waals surface area contributed by atoms with Gasteiger partial charge in [0.2, 0.25) is 15.9 Å². The third-order valence-corrected chi connectivity index (χ3v) is 7.45. The van der Waals surface area contributed by atoms with Gasteiger partial charge < -0.3 is 5.32 Å². The molecule has 5 nitrogen and oxygen atoms in total. The molecular weight excluding hydrogens is 399 g/mol. The maximum atomic E-state index is 12.9. The molecule has 1 fully saturated rings. The Morgan fingerprint density at radius 2 is 1.57 bits per heavy atom. The second-order valence-electron chi connectivity index (χ2n) is 6.63. The third-order valence-electron chi connectivity index (χ3n) is 4.52. The number of sulfonamides is 1. The SMILES string of the molecule is O=C(CSc1ccc(F)cc1)Nc1ccc(S(=O)(=O)N2CCCCCC2)cc1. The van der Waals surface area contributed by atoms with E-state index in [1.54, 1.807) is 28.6 Å². The standard InChI is InChI=1S/C20H23FN2O3S2/c21-16-5-9-18(10-6-16)27-15-20(24)22-17-7-11-19(12-8-17)28(25,26)23-13-3-1-2-4-14-23/h5-12H,1-4,13-15H2,(H,22,24). The van der Waals surface area contributed by atoms with Gasteiger partial charge in [-0.2, -0.15) is 4.31 Å². The molecule has 1 amide bonds. The molecule has 0 atom stereocenters. The van der Waals surface area contributed by atoms with E-state index in [4.69, 9.17) is 0 Å². The maximum absolute atomic E-state index is 12.9.